The molecule has 3 saturated heterocycles. The molecular weight excluding hydrogens is 336 g/mol. The van der Waals surface area contributed by atoms with Gasteiger partial charge < -0.3 is 14.7 Å². The molecule has 3 heterocycles. The third kappa shape index (κ3) is 2.95. The van der Waals surface area contributed by atoms with Crippen LogP contribution in [0.4, 0.5) is 4.79 Å². The number of imide groups is 1. The first-order chi connectivity index (χ1) is 12.5. The minimum absolute atomic E-state index is 0.0715. The zero-order chi connectivity index (χ0) is 18.3. The van der Waals surface area contributed by atoms with E-state index in [1.165, 1.54) is 17.7 Å². The van der Waals surface area contributed by atoms with Gasteiger partial charge in [0.15, 0.2) is 0 Å². The van der Waals surface area contributed by atoms with Crippen molar-refractivity contribution in [3.63, 3.8) is 0 Å². The minimum atomic E-state index is -0.515. The molecule has 1 unspecified atom stereocenters. The third-order valence-electron chi connectivity index (χ3n) is 6.44. The Bertz CT molecular complexity index is 645. The molecule has 5 amide bonds. The van der Waals surface area contributed by atoms with Crippen molar-refractivity contribution in [3.05, 3.63) is 0 Å². The number of nitrogens with one attached hydrogen (secondary N) is 1. The molecule has 1 saturated carbocycles. The Morgan fingerprint density at radius 2 is 1.85 bits per heavy atom. The zero-order valence-electron chi connectivity index (χ0n) is 15.0. The Morgan fingerprint density at radius 3 is 2.54 bits per heavy atom. The van der Waals surface area contributed by atoms with Crippen molar-refractivity contribution in [2.75, 3.05) is 32.7 Å². The number of piperidine rings is 1. The lowest BCUT2D eigenvalue weighted by atomic mass is 9.77. The number of hydrogen-bond acceptors (Lipinski definition) is 4. The molecule has 1 aliphatic carbocycles. The van der Waals surface area contributed by atoms with Gasteiger partial charge in [-0.05, 0) is 32.1 Å². The lowest BCUT2D eigenvalue weighted by Gasteiger charge is -2.42. The first-order valence-electron chi connectivity index (χ1n) is 9.66. The van der Waals surface area contributed by atoms with Gasteiger partial charge in [-0.25, -0.2) is 4.79 Å². The summed E-state index contributed by atoms with van der Waals surface area (Å²) in [6.07, 6.45) is 7.12. The minimum Gasteiger partial charge on any atom is -0.340 e. The SMILES string of the molecule is O=C1CN(CC(=O)N2CCC3(CCCN(C4CCCC4)C3=O)C2)C(=O)N1. The molecule has 0 aromatic heterocycles. The first kappa shape index (κ1) is 17.3. The van der Waals surface area contributed by atoms with Gasteiger partial charge in [0.1, 0.15) is 13.1 Å². The van der Waals surface area contributed by atoms with Crippen molar-refractivity contribution in [1.29, 1.82) is 0 Å². The predicted molar refractivity (Wildman–Crippen MR) is 91.9 cm³/mol. The van der Waals surface area contributed by atoms with Crippen LogP contribution in [0.1, 0.15) is 44.9 Å². The summed E-state index contributed by atoms with van der Waals surface area (Å²) in [6, 6.07) is -0.137. The maximum absolute atomic E-state index is 13.2. The molecule has 0 aromatic carbocycles. The summed E-state index contributed by atoms with van der Waals surface area (Å²) >= 11 is 0. The molecule has 8 heteroatoms. The lowest BCUT2D eigenvalue weighted by molar-refractivity contribution is -0.148. The van der Waals surface area contributed by atoms with E-state index in [0.717, 1.165) is 32.2 Å². The smallest absolute Gasteiger partial charge is 0.325 e. The van der Waals surface area contributed by atoms with E-state index >= 15 is 0 Å². The summed E-state index contributed by atoms with van der Waals surface area (Å²) < 4.78 is 0. The Hall–Kier alpha value is -2.12. The molecule has 8 nitrogen and oxygen atoms in total. The summed E-state index contributed by atoms with van der Waals surface area (Å²) in [7, 11) is 0. The average molecular weight is 362 g/mol. The van der Waals surface area contributed by atoms with Crippen molar-refractivity contribution in [1.82, 2.24) is 20.0 Å². The van der Waals surface area contributed by atoms with Crippen LogP contribution in [0, 0.1) is 5.41 Å². The standard InChI is InChI=1S/C18H26N4O4/c23-14-10-21(17(26)19-14)11-15(24)20-9-7-18(12-20)6-3-8-22(16(18)25)13-4-1-2-5-13/h13H,1-12H2,(H,19,23,26). The van der Waals surface area contributed by atoms with Crippen molar-refractivity contribution in [2.45, 2.75) is 51.0 Å². The molecule has 0 aromatic rings. The fraction of sp³-hybridized carbons (Fsp3) is 0.778. The summed E-state index contributed by atoms with van der Waals surface area (Å²) in [5.74, 6) is -0.340. The fourth-order valence-electron chi connectivity index (χ4n) is 5.00. The Balaban J connectivity index is 1.40. The molecule has 3 aliphatic heterocycles. The average Bonchev–Trinajstić information content (AvgIpc) is 3.32. The van der Waals surface area contributed by atoms with Crippen LogP contribution in [0.2, 0.25) is 0 Å². The van der Waals surface area contributed by atoms with Crippen molar-refractivity contribution in [2.24, 2.45) is 5.41 Å². The molecule has 0 bridgehead atoms. The van der Waals surface area contributed by atoms with Gasteiger partial charge >= 0.3 is 6.03 Å². The topological polar surface area (TPSA) is 90.0 Å². The zero-order valence-corrected chi connectivity index (χ0v) is 15.0. The predicted octanol–water partition coefficient (Wildman–Crippen LogP) is 0.322. The maximum atomic E-state index is 13.2. The molecule has 4 rings (SSSR count). The number of urea groups is 1. The second-order valence-electron chi connectivity index (χ2n) is 8.10. The number of carbonyl (C=O) groups is 4. The van der Waals surface area contributed by atoms with E-state index in [-0.39, 0.29) is 30.8 Å². The van der Waals surface area contributed by atoms with Gasteiger partial charge in [-0.1, -0.05) is 12.8 Å². The largest absolute Gasteiger partial charge is 0.340 e. The second kappa shape index (κ2) is 6.55. The van der Waals surface area contributed by atoms with E-state index in [4.69, 9.17) is 0 Å². The summed E-state index contributed by atoms with van der Waals surface area (Å²) in [5, 5.41) is 2.18. The van der Waals surface area contributed by atoms with Gasteiger partial charge in [0.25, 0.3) is 0 Å². The van der Waals surface area contributed by atoms with Crippen LogP contribution in [-0.4, -0.2) is 77.2 Å². The summed E-state index contributed by atoms with van der Waals surface area (Å²) in [4.78, 5) is 53.7. The molecular formula is C18H26N4O4. The molecule has 4 aliphatic rings. The highest BCUT2D eigenvalue weighted by atomic mass is 16.2. The number of carbonyl (C=O) groups excluding carboxylic acids is 4. The number of hydrogen-bond donors (Lipinski definition) is 1. The van der Waals surface area contributed by atoms with Gasteiger partial charge in [0, 0.05) is 25.7 Å². The molecule has 142 valence electrons. The Morgan fingerprint density at radius 1 is 1.08 bits per heavy atom. The molecule has 4 fully saturated rings. The normalized spacial score (nSPS) is 30.0. The molecule has 1 spiro atoms. The molecule has 1 atom stereocenters. The van der Waals surface area contributed by atoms with Gasteiger partial charge in [-0.3, -0.25) is 19.7 Å². The summed E-state index contributed by atoms with van der Waals surface area (Å²) in [6.45, 7) is 1.66. The van der Waals surface area contributed by atoms with Crippen LogP contribution in [0.3, 0.4) is 0 Å². The highest BCUT2D eigenvalue weighted by Gasteiger charge is 2.50. The second-order valence-corrected chi connectivity index (χ2v) is 8.10. The van der Waals surface area contributed by atoms with Gasteiger partial charge in [-0.2, -0.15) is 0 Å². The third-order valence-corrected chi connectivity index (χ3v) is 6.44. The Labute approximate surface area is 152 Å². The van der Waals surface area contributed by atoms with Crippen LogP contribution in [0.5, 0.6) is 0 Å². The highest BCUT2D eigenvalue weighted by Crippen LogP contribution is 2.42. The van der Waals surface area contributed by atoms with E-state index in [9.17, 15) is 19.2 Å². The van der Waals surface area contributed by atoms with E-state index < -0.39 is 11.4 Å². The van der Waals surface area contributed by atoms with Crippen LogP contribution in [-0.2, 0) is 14.4 Å². The summed E-state index contributed by atoms with van der Waals surface area (Å²) in [5.41, 5.74) is -0.445. The number of likely N-dealkylation sites (tertiary alicyclic amines) is 2. The molecule has 0 radical (unpaired) electrons. The van der Waals surface area contributed by atoms with E-state index in [2.05, 4.69) is 10.2 Å². The number of rotatable bonds is 3. The van der Waals surface area contributed by atoms with E-state index in [1.54, 1.807) is 4.90 Å². The highest BCUT2D eigenvalue weighted by molar-refractivity contribution is 6.03. The van der Waals surface area contributed by atoms with E-state index in [1.807, 2.05) is 0 Å². The maximum Gasteiger partial charge on any atom is 0.325 e. The first-order valence-corrected chi connectivity index (χ1v) is 9.66. The van der Waals surface area contributed by atoms with Gasteiger partial charge in [0.05, 0.1) is 5.41 Å². The van der Waals surface area contributed by atoms with E-state index in [0.29, 0.717) is 25.6 Å². The Kier molecular flexibility index (Phi) is 4.36. The molecule has 26 heavy (non-hydrogen) atoms. The van der Waals surface area contributed by atoms with Crippen LogP contribution < -0.4 is 5.32 Å². The van der Waals surface area contributed by atoms with Crippen molar-refractivity contribution in [3.8, 4) is 0 Å². The van der Waals surface area contributed by atoms with Crippen molar-refractivity contribution >= 4 is 23.8 Å². The fourth-order valence-corrected chi connectivity index (χ4v) is 5.00. The number of nitrogens with zero attached hydrogens (tertiary/aromatic N) is 3. The molecule has 1 N–H and O–H groups in total. The number of amides is 5. The van der Waals surface area contributed by atoms with Crippen LogP contribution in [0.25, 0.3) is 0 Å². The van der Waals surface area contributed by atoms with Gasteiger partial charge in [-0.15, -0.1) is 0 Å². The van der Waals surface area contributed by atoms with Crippen LogP contribution >= 0.6 is 0 Å². The monoisotopic (exact) mass is 362 g/mol. The quantitative estimate of drug-likeness (QED) is 0.732. The lowest BCUT2D eigenvalue weighted by Crippen LogP contribution is -2.53. The van der Waals surface area contributed by atoms with Gasteiger partial charge in [0.2, 0.25) is 17.7 Å². The van der Waals surface area contributed by atoms with Crippen molar-refractivity contribution < 1.29 is 19.2 Å². The van der Waals surface area contributed by atoms with Crippen LogP contribution in [0.15, 0.2) is 0 Å².